The molecule has 2 N–H and O–H groups in total. The molecule has 0 aromatic carbocycles. The van der Waals surface area contributed by atoms with Crippen LogP contribution in [0, 0.1) is 0 Å². The molecule has 2 aromatic rings. The summed E-state index contributed by atoms with van der Waals surface area (Å²) in [6.45, 7) is 0.393. The van der Waals surface area contributed by atoms with Crippen LogP contribution in [-0.4, -0.2) is 30.6 Å². The molecule has 0 aliphatic heterocycles. The van der Waals surface area contributed by atoms with Crippen LogP contribution in [0.5, 0.6) is 0 Å². The van der Waals surface area contributed by atoms with Crippen molar-refractivity contribution in [3.05, 3.63) is 29.8 Å². The van der Waals surface area contributed by atoms with Crippen molar-refractivity contribution in [3.63, 3.8) is 0 Å². The first-order valence-corrected chi connectivity index (χ1v) is 5.04. The first-order valence-electron chi connectivity index (χ1n) is 5.04. The minimum atomic E-state index is -0.971. The lowest BCUT2D eigenvalue weighted by molar-refractivity contribution is 0.0695. The summed E-state index contributed by atoms with van der Waals surface area (Å²) in [6.07, 6.45) is 4.84. The van der Waals surface area contributed by atoms with Gasteiger partial charge in [-0.2, -0.15) is 10.2 Å². The van der Waals surface area contributed by atoms with Gasteiger partial charge < -0.3 is 10.4 Å². The number of rotatable bonds is 4. The Hall–Kier alpha value is -2.31. The molecule has 7 heteroatoms. The molecule has 0 amide bonds. The Kier molecular flexibility index (Phi) is 2.82. The summed E-state index contributed by atoms with van der Waals surface area (Å²) in [6, 6.07) is 0. The van der Waals surface area contributed by atoms with Gasteiger partial charge in [-0.05, 0) is 0 Å². The Labute approximate surface area is 97.7 Å². The third-order valence-corrected chi connectivity index (χ3v) is 2.46. The number of hydrogen-bond donors (Lipinski definition) is 2. The van der Waals surface area contributed by atoms with Crippen molar-refractivity contribution in [2.75, 3.05) is 5.32 Å². The lowest BCUT2D eigenvalue weighted by atomic mass is 10.2. The normalized spacial score (nSPS) is 10.5. The molecule has 0 unspecified atom stereocenters. The van der Waals surface area contributed by atoms with Crippen LogP contribution in [-0.2, 0) is 20.6 Å². The zero-order valence-corrected chi connectivity index (χ0v) is 9.58. The fourth-order valence-corrected chi connectivity index (χ4v) is 1.55. The Morgan fingerprint density at radius 2 is 2.18 bits per heavy atom. The van der Waals surface area contributed by atoms with Crippen molar-refractivity contribution in [1.29, 1.82) is 0 Å². The lowest BCUT2D eigenvalue weighted by Crippen LogP contribution is -2.09. The molecule has 0 bridgehead atoms. The van der Waals surface area contributed by atoms with Crippen LogP contribution in [0.4, 0.5) is 5.69 Å². The van der Waals surface area contributed by atoms with Crippen LogP contribution in [0.3, 0.4) is 0 Å². The van der Waals surface area contributed by atoms with Crippen molar-refractivity contribution in [2.24, 2.45) is 14.1 Å². The first-order chi connectivity index (χ1) is 8.08. The molecule has 0 aliphatic rings. The highest BCUT2D eigenvalue weighted by molar-refractivity contribution is 5.88. The third-order valence-electron chi connectivity index (χ3n) is 2.46. The predicted molar refractivity (Wildman–Crippen MR) is 60.7 cm³/mol. The minimum absolute atomic E-state index is 0.212. The van der Waals surface area contributed by atoms with Crippen molar-refractivity contribution in [2.45, 2.75) is 6.54 Å². The van der Waals surface area contributed by atoms with Crippen molar-refractivity contribution < 1.29 is 9.90 Å². The van der Waals surface area contributed by atoms with Crippen LogP contribution in [0.25, 0.3) is 0 Å². The van der Waals surface area contributed by atoms with E-state index < -0.39 is 5.97 Å². The molecule has 2 heterocycles. The maximum Gasteiger partial charge on any atom is 0.339 e. The molecular formula is C10H13N5O2. The molecule has 17 heavy (non-hydrogen) atoms. The molecule has 0 saturated carbocycles. The maximum atomic E-state index is 11.0. The van der Waals surface area contributed by atoms with Crippen molar-refractivity contribution >= 4 is 11.7 Å². The van der Waals surface area contributed by atoms with Crippen molar-refractivity contribution in [1.82, 2.24) is 19.6 Å². The van der Waals surface area contributed by atoms with E-state index in [-0.39, 0.29) is 5.56 Å². The summed E-state index contributed by atoms with van der Waals surface area (Å²) in [5, 5.41) is 20.0. The Morgan fingerprint density at radius 3 is 2.76 bits per heavy atom. The molecule has 7 nitrogen and oxygen atoms in total. The predicted octanol–water partition coefficient (Wildman–Crippen LogP) is 0.464. The number of carboxylic acid groups (broad SMARTS) is 1. The quantitative estimate of drug-likeness (QED) is 0.804. The number of carboxylic acids is 1. The average molecular weight is 235 g/mol. The van der Waals surface area contributed by atoms with Gasteiger partial charge in [-0.3, -0.25) is 9.36 Å². The van der Waals surface area contributed by atoms with Gasteiger partial charge in [-0.15, -0.1) is 0 Å². The smallest absolute Gasteiger partial charge is 0.339 e. The number of aromatic carboxylic acids is 1. The van der Waals surface area contributed by atoms with E-state index in [0.29, 0.717) is 12.2 Å². The van der Waals surface area contributed by atoms with E-state index in [4.69, 9.17) is 5.11 Å². The Balaban J connectivity index is 2.13. The monoisotopic (exact) mass is 235 g/mol. The lowest BCUT2D eigenvalue weighted by Gasteiger charge is -2.05. The molecule has 0 atom stereocenters. The number of hydrogen-bond acceptors (Lipinski definition) is 4. The minimum Gasteiger partial charge on any atom is -0.478 e. The zero-order chi connectivity index (χ0) is 12.4. The number of carbonyl (C=O) groups is 1. The molecule has 2 aromatic heterocycles. The second kappa shape index (κ2) is 4.28. The van der Waals surface area contributed by atoms with Crippen LogP contribution >= 0.6 is 0 Å². The van der Waals surface area contributed by atoms with E-state index in [1.54, 1.807) is 22.6 Å². The molecule has 0 radical (unpaired) electrons. The zero-order valence-electron chi connectivity index (χ0n) is 9.58. The molecule has 0 aliphatic carbocycles. The molecule has 90 valence electrons. The maximum absolute atomic E-state index is 11.0. The first kappa shape index (κ1) is 11.2. The van der Waals surface area contributed by atoms with E-state index in [9.17, 15) is 4.79 Å². The average Bonchev–Trinajstić information content (AvgIpc) is 2.82. The van der Waals surface area contributed by atoms with Gasteiger partial charge in [0.1, 0.15) is 5.56 Å². The topological polar surface area (TPSA) is 85.0 Å². The summed E-state index contributed by atoms with van der Waals surface area (Å²) in [7, 11) is 3.53. The van der Waals surface area contributed by atoms with Gasteiger partial charge >= 0.3 is 5.97 Å². The Bertz CT molecular complexity index is 543. The molecule has 0 spiro atoms. The Morgan fingerprint density at radius 1 is 1.41 bits per heavy atom. The van der Waals surface area contributed by atoms with Gasteiger partial charge in [0.25, 0.3) is 0 Å². The van der Waals surface area contributed by atoms with E-state index in [1.165, 1.54) is 6.20 Å². The molecule has 0 fully saturated rings. The number of nitrogens with one attached hydrogen (secondary N) is 1. The third kappa shape index (κ3) is 2.27. The molecular weight excluding hydrogens is 222 g/mol. The van der Waals surface area contributed by atoms with Crippen LogP contribution in [0.2, 0.25) is 0 Å². The summed E-state index contributed by atoms with van der Waals surface area (Å²) < 4.78 is 3.22. The fraction of sp³-hybridized carbons (Fsp3) is 0.300. The molecule has 0 saturated heterocycles. The van der Waals surface area contributed by atoms with Crippen LogP contribution in [0.1, 0.15) is 16.1 Å². The van der Waals surface area contributed by atoms with E-state index >= 15 is 0 Å². The van der Waals surface area contributed by atoms with Gasteiger partial charge in [0, 0.05) is 20.3 Å². The van der Waals surface area contributed by atoms with E-state index in [1.807, 2.05) is 13.2 Å². The summed E-state index contributed by atoms with van der Waals surface area (Å²) >= 11 is 0. The largest absolute Gasteiger partial charge is 0.478 e. The highest BCUT2D eigenvalue weighted by Crippen LogP contribution is 2.11. The summed E-state index contributed by atoms with van der Waals surface area (Å²) in [5.41, 5.74) is 1.68. The van der Waals surface area contributed by atoms with Gasteiger partial charge in [0.05, 0.1) is 30.3 Å². The van der Waals surface area contributed by atoms with E-state index in [2.05, 4.69) is 15.5 Å². The number of nitrogens with zero attached hydrogens (tertiary/aromatic N) is 4. The van der Waals surface area contributed by atoms with Gasteiger partial charge in [0.2, 0.25) is 0 Å². The standard InChI is InChI=1S/C10H13N5O2/c1-14-6-7(3-12-14)11-5-9-8(10(16)17)4-13-15(9)2/h3-4,6,11H,5H2,1-2H3,(H,16,17). The highest BCUT2D eigenvalue weighted by atomic mass is 16.4. The van der Waals surface area contributed by atoms with Gasteiger partial charge in [-0.25, -0.2) is 4.79 Å². The number of aryl methyl sites for hydroxylation is 2. The highest BCUT2D eigenvalue weighted by Gasteiger charge is 2.14. The van der Waals surface area contributed by atoms with Gasteiger partial charge in [-0.1, -0.05) is 0 Å². The second-order valence-electron chi connectivity index (χ2n) is 3.69. The number of aromatic nitrogens is 4. The SMILES string of the molecule is Cn1cc(NCc2c(C(=O)O)cnn2C)cn1. The summed E-state index contributed by atoms with van der Waals surface area (Å²) in [4.78, 5) is 11.0. The van der Waals surface area contributed by atoms with E-state index in [0.717, 1.165) is 5.69 Å². The van der Waals surface area contributed by atoms with Gasteiger partial charge in [0.15, 0.2) is 0 Å². The van der Waals surface area contributed by atoms with Crippen LogP contribution < -0.4 is 5.32 Å². The number of anilines is 1. The summed E-state index contributed by atoms with van der Waals surface area (Å²) in [5.74, 6) is -0.971. The van der Waals surface area contributed by atoms with Crippen molar-refractivity contribution in [3.8, 4) is 0 Å². The second-order valence-corrected chi connectivity index (χ2v) is 3.69. The fourth-order valence-electron chi connectivity index (χ4n) is 1.55. The van der Waals surface area contributed by atoms with Crippen LogP contribution in [0.15, 0.2) is 18.6 Å². The molecule has 2 rings (SSSR count).